The second-order valence-corrected chi connectivity index (χ2v) is 6.91. The highest BCUT2D eigenvalue weighted by molar-refractivity contribution is 6.17. The number of benzene rings is 2. The molecule has 1 saturated heterocycles. The number of phenols is 4. The summed E-state index contributed by atoms with van der Waals surface area (Å²) in [4.78, 5) is 12.8. The Morgan fingerprint density at radius 2 is 1.70 bits per heavy atom. The number of furan rings is 1. The van der Waals surface area contributed by atoms with Crippen LogP contribution in [0.25, 0.3) is 17.0 Å². The lowest BCUT2D eigenvalue weighted by atomic mass is 10.0. The Bertz CT molecular complexity index is 1140. The van der Waals surface area contributed by atoms with Gasteiger partial charge in [-0.05, 0) is 29.8 Å². The van der Waals surface area contributed by atoms with Crippen LogP contribution in [0, 0.1) is 0 Å². The molecule has 1 aliphatic rings. The van der Waals surface area contributed by atoms with Crippen molar-refractivity contribution in [2.24, 2.45) is 0 Å². The van der Waals surface area contributed by atoms with Gasteiger partial charge < -0.3 is 39.8 Å². The monoisotopic (exact) mass is 414 g/mol. The Balaban J connectivity index is 1.78. The molecule has 2 heterocycles. The summed E-state index contributed by atoms with van der Waals surface area (Å²) in [6.45, 7) is -0.132. The maximum atomic E-state index is 12.8. The molecule has 0 spiro atoms. The number of phenolic OH excluding ortho intramolecular Hbond substituents is 4. The third-order valence-electron chi connectivity index (χ3n) is 4.92. The van der Waals surface area contributed by atoms with E-state index in [0.717, 1.165) is 6.08 Å². The average molecular weight is 414 g/mol. The minimum absolute atomic E-state index is 0.00548. The number of rotatable bonds is 4. The van der Waals surface area contributed by atoms with Crippen LogP contribution < -0.4 is 0 Å². The van der Waals surface area contributed by atoms with Crippen LogP contribution >= 0.6 is 0 Å². The van der Waals surface area contributed by atoms with E-state index in [-0.39, 0.29) is 29.1 Å². The summed E-state index contributed by atoms with van der Waals surface area (Å²) in [6, 6.07) is 7.27. The lowest BCUT2D eigenvalue weighted by molar-refractivity contribution is 0.0128. The van der Waals surface area contributed by atoms with Crippen LogP contribution in [0.1, 0.15) is 27.8 Å². The van der Waals surface area contributed by atoms with Gasteiger partial charge in [-0.2, -0.15) is 0 Å². The molecule has 9 heteroatoms. The maximum absolute atomic E-state index is 12.8. The van der Waals surface area contributed by atoms with E-state index in [9.17, 15) is 35.4 Å². The highest BCUT2D eigenvalue weighted by atomic mass is 16.5. The van der Waals surface area contributed by atoms with Gasteiger partial charge >= 0.3 is 0 Å². The zero-order valence-electron chi connectivity index (χ0n) is 15.4. The van der Waals surface area contributed by atoms with E-state index in [4.69, 9.17) is 9.15 Å². The largest absolute Gasteiger partial charge is 0.508 e. The summed E-state index contributed by atoms with van der Waals surface area (Å²) in [5.74, 6) is -3.13. The molecule has 1 aliphatic heterocycles. The topological polar surface area (TPSA) is 161 Å². The number of aliphatic hydroxyl groups is 2. The van der Waals surface area contributed by atoms with Gasteiger partial charge in [0, 0.05) is 0 Å². The molecule has 9 nitrogen and oxygen atoms in total. The number of allylic oxidation sites excluding steroid dienone is 1. The molecule has 30 heavy (non-hydrogen) atoms. The number of ether oxygens (including phenoxy) is 1. The van der Waals surface area contributed by atoms with E-state index in [1.165, 1.54) is 24.3 Å². The van der Waals surface area contributed by atoms with Crippen molar-refractivity contribution < 1.29 is 44.6 Å². The molecule has 0 saturated carbocycles. The molecule has 0 amide bonds. The summed E-state index contributed by atoms with van der Waals surface area (Å²) < 4.78 is 10.9. The number of aliphatic hydroxyl groups excluding tert-OH is 2. The fraction of sp³-hybridized carbons (Fsp3) is 0.190. The zero-order chi connectivity index (χ0) is 21.6. The van der Waals surface area contributed by atoms with E-state index in [2.05, 4.69) is 0 Å². The Labute approximate surface area is 169 Å². The number of ketones is 1. The average Bonchev–Trinajstić information content (AvgIpc) is 3.30. The van der Waals surface area contributed by atoms with Gasteiger partial charge in [0.05, 0.1) is 12.0 Å². The molecule has 4 rings (SSSR count). The van der Waals surface area contributed by atoms with Gasteiger partial charge in [0.1, 0.15) is 35.4 Å². The molecule has 6 N–H and O–H groups in total. The molecule has 0 aliphatic carbocycles. The number of hydrogen-bond acceptors (Lipinski definition) is 9. The zero-order valence-corrected chi connectivity index (χ0v) is 15.4. The molecule has 3 aromatic rings. The number of hydrogen-bond donors (Lipinski definition) is 6. The van der Waals surface area contributed by atoms with Crippen molar-refractivity contribution in [2.45, 2.75) is 18.3 Å². The number of aromatic hydroxyl groups is 4. The van der Waals surface area contributed by atoms with Gasteiger partial charge in [0.15, 0.2) is 22.9 Å². The van der Waals surface area contributed by atoms with Gasteiger partial charge in [-0.25, -0.2) is 0 Å². The molecule has 0 bridgehead atoms. The van der Waals surface area contributed by atoms with Crippen LogP contribution in [-0.2, 0) is 4.74 Å². The summed E-state index contributed by atoms with van der Waals surface area (Å²) in [5.41, 5.74) is -0.0126. The molecule has 0 radical (unpaired) electrons. The molecular weight excluding hydrogens is 396 g/mol. The first-order valence-corrected chi connectivity index (χ1v) is 8.97. The first kappa shape index (κ1) is 19.8. The predicted molar refractivity (Wildman–Crippen MR) is 103 cm³/mol. The second-order valence-electron chi connectivity index (χ2n) is 6.91. The summed E-state index contributed by atoms with van der Waals surface area (Å²) in [7, 11) is 0. The Morgan fingerprint density at radius 3 is 2.33 bits per heavy atom. The highest BCUT2D eigenvalue weighted by Crippen LogP contribution is 2.47. The molecule has 1 aromatic heterocycles. The van der Waals surface area contributed by atoms with Crippen LogP contribution in [0.15, 0.2) is 40.8 Å². The number of fused-ring (bicyclic) bond motifs is 1. The number of carbonyl (C=O) groups excluding carboxylic acids is 1. The summed E-state index contributed by atoms with van der Waals surface area (Å²) >= 11 is 0. The van der Waals surface area contributed by atoms with Crippen molar-refractivity contribution in [1.29, 1.82) is 0 Å². The van der Waals surface area contributed by atoms with Crippen molar-refractivity contribution in [3.8, 4) is 23.0 Å². The quantitative estimate of drug-likeness (QED) is 0.213. The Kier molecular flexibility index (Phi) is 4.86. The Hall–Kier alpha value is -3.53. The minimum Gasteiger partial charge on any atom is -0.508 e. The van der Waals surface area contributed by atoms with Crippen LogP contribution in [0.2, 0.25) is 0 Å². The van der Waals surface area contributed by atoms with Crippen molar-refractivity contribution >= 4 is 22.8 Å². The standard InChI is InChI=1S/C21H18O9/c22-10-4-1-9(2-5-10)3-6-12(23)15-18(27)19(28)16(25)11-7-14(30-20(11)15)21-17(26)13(24)8-29-21/h1-7,13,17,21-22,24-28H,8H2/b6-3+/t13-,17-,21-/m1/s1. The van der Waals surface area contributed by atoms with E-state index in [0.29, 0.717) is 5.56 Å². The molecular formula is C21H18O9. The van der Waals surface area contributed by atoms with Crippen LogP contribution in [0.5, 0.6) is 23.0 Å². The smallest absolute Gasteiger partial charge is 0.202 e. The van der Waals surface area contributed by atoms with Gasteiger partial charge in [-0.15, -0.1) is 0 Å². The fourth-order valence-electron chi connectivity index (χ4n) is 3.30. The third kappa shape index (κ3) is 3.24. The van der Waals surface area contributed by atoms with Gasteiger partial charge in [0.2, 0.25) is 5.75 Å². The first-order chi connectivity index (χ1) is 14.3. The predicted octanol–water partition coefficient (Wildman–Crippen LogP) is 1.94. The van der Waals surface area contributed by atoms with Crippen molar-refractivity contribution in [1.82, 2.24) is 0 Å². The maximum Gasteiger partial charge on any atom is 0.202 e. The van der Waals surface area contributed by atoms with Gasteiger partial charge in [0.25, 0.3) is 0 Å². The van der Waals surface area contributed by atoms with Crippen LogP contribution in [0.3, 0.4) is 0 Å². The van der Waals surface area contributed by atoms with Gasteiger partial charge in [-0.1, -0.05) is 18.2 Å². The molecule has 1 fully saturated rings. The second kappa shape index (κ2) is 7.38. The van der Waals surface area contributed by atoms with Gasteiger partial charge in [-0.3, -0.25) is 4.79 Å². The Morgan fingerprint density at radius 1 is 1.00 bits per heavy atom. The molecule has 2 aromatic carbocycles. The molecule has 156 valence electrons. The van der Waals surface area contributed by atoms with E-state index in [1.807, 2.05) is 0 Å². The van der Waals surface area contributed by atoms with E-state index < -0.39 is 46.9 Å². The molecule has 0 unspecified atom stereocenters. The lowest BCUT2D eigenvalue weighted by Gasteiger charge is -2.11. The van der Waals surface area contributed by atoms with Crippen molar-refractivity contribution in [2.75, 3.05) is 6.61 Å². The molecule has 3 atom stereocenters. The number of carbonyl (C=O) groups is 1. The van der Waals surface area contributed by atoms with Crippen molar-refractivity contribution in [3.63, 3.8) is 0 Å². The SMILES string of the molecule is O=C(/C=C/c1ccc(O)cc1)c1c(O)c(O)c(O)c2cc([C@H]3OC[C@@H](O)[C@H]3O)oc12. The third-order valence-corrected chi connectivity index (χ3v) is 4.92. The van der Waals surface area contributed by atoms with Crippen LogP contribution in [-0.4, -0.2) is 55.2 Å². The van der Waals surface area contributed by atoms with Crippen LogP contribution in [0.4, 0.5) is 0 Å². The summed E-state index contributed by atoms with van der Waals surface area (Å²) in [5, 5.41) is 59.4. The normalized spacial score (nSPS) is 21.6. The van der Waals surface area contributed by atoms with E-state index in [1.54, 1.807) is 12.1 Å². The van der Waals surface area contributed by atoms with Crippen molar-refractivity contribution in [3.05, 3.63) is 53.3 Å². The summed E-state index contributed by atoms with van der Waals surface area (Å²) in [6.07, 6.45) is -0.909. The lowest BCUT2D eigenvalue weighted by Crippen LogP contribution is -2.24. The minimum atomic E-state index is -1.29. The highest BCUT2D eigenvalue weighted by Gasteiger charge is 2.38. The fourth-order valence-corrected chi connectivity index (χ4v) is 3.30. The first-order valence-electron chi connectivity index (χ1n) is 8.97. The van der Waals surface area contributed by atoms with E-state index >= 15 is 0 Å².